The normalized spacial score (nSPS) is 21.0. The van der Waals surface area contributed by atoms with Gasteiger partial charge in [-0.3, -0.25) is 9.89 Å². The zero-order valence-corrected chi connectivity index (χ0v) is 15.9. The molecule has 3 rings (SSSR count). The number of H-pyrrole nitrogens is 1. The van der Waals surface area contributed by atoms with Gasteiger partial charge in [-0.1, -0.05) is 26.0 Å². The number of amides is 1. The summed E-state index contributed by atoms with van der Waals surface area (Å²) in [5.41, 5.74) is 3.62. The van der Waals surface area contributed by atoms with Crippen molar-refractivity contribution in [3.05, 3.63) is 46.8 Å². The van der Waals surface area contributed by atoms with Crippen LogP contribution in [0, 0.1) is 19.3 Å². The maximum absolute atomic E-state index is 13.4. The first-order valence-corrected chi connectivity index (χ1v) is 8.63. The van der Waals surface area contributed by atoms with Crippen molar-refractivity contribution in [1.29, 1.82) is 0 Å². The lowest BCUT2D eigenvalue weighted by molar-refractivity contribution is -0.134. The zero-order valence-electron chi connectivity index (χ0n) is 15.9. The number of likely N-dealkylation sites (N-methyl/N-ethyl adjacent to an activating group) is 1. The number of aromatic nitrogens is 2. The molecule has 0 radical (unpaired) electrons. The Labute approximate surface area is 149 Å². The van der Waals surface area contributed by atoms with E-state index in [1.807, 2.05) is 50.1 Å². The largest absolute Gasteiger partial charge is 0.497 e. The standard InChI is InChI=1S/C20H27N3O2/c1-13-17(14(2)22-21-13)11-23(5)18(24)20(12-19(20,3)4)15-7-9-16(25-6)10-8-15/h7-10H,11-12H2,1-6H3,(H,21,22). The molecule has 1 aromatic carbocycles. The molecular weight excluding hydrogens is 314 g/mol. The van der Waals surface area contributed by atoms with Gasteiger partial charge in [-0.25, -0.2) is 0 Å². The van der Waals surface area contributed by atoms with Crippen LogP contribution < -0.4 is 4.74 Å². The van der Waals surface area contributed by atoms with Gasteiger partial charge in [0.1, 0.15) is 5.75 Å². The Balaban J connectivity index is 1.89. The van der Waals surface area contributed by atoms with Gasteiger partial charge >= 0.3 is 0 Å². The van der Waals surface area contributed by atoms with Crippen molar-refractivity contribution in [3.8, 4) is 5.75 Å². The first kappa shape index (κ1) is 17.5. The number of rotatable bonds is 5. The van der Waals surface area contributed by atoms with Gasteiger partial charge in [-0.05, 0) is 43.4 Å². The Morgan fingerprint density at radius 3 is 2.32 bits per heavy atom. The van der Waals surface area contributed by atoms with Gasteiger partial charge in [0, 0.05) is 24.8 Å². The van der Waals surface area contributed by atoms with Crippen LogP contribution in [0.3, 0.4) is 0 Å². The molecule has 134 valence electrons. The van der Waals surface area contributed by atoms with Gasteiger partial charge in [0.2, 0.25) is 5.91 Å². The summed E-state index contributed by atoms with van der Waals surface area (Å²) in [6.07, 6.45) is 0.860. The van der Waals surface area contributed by atoms with Crippen LogP contribution in [-0.2, 0) is 16.8 Å². The van der Waals surface area contributed by atoms with Crippen molar-refractivity contribution >= 4 is 5.91 Å². The fourth-order valence-corrected chi connectivity index (χ4v) is 3.92. The van der Waals surface area contributed by atoms with Crippen molar-refractivity contribution in [3.63, 3.8) is 0 Å². The van der Waals surface area contributed by atoms with Gasteiger partial charge in [0.25, 0.3) is 0 Å². The van der Waals surface area contributed by atoms with Crippen LogP contribution in [0.25, 0.3) is 0 Å². The molecule has 5 heteroatoms. The van der Waals surface area contributed by atoms with E-state index in [0.717, 1.165) is 34.7 Å². The minimum absolute atomic E-state index is 0.0482. The molecule has 1 atom stereocenters. The Kier molecular flexibility index (Phi) is 4.13. The molecule has 1 N–H and O–H groups in total. The maximum atomic E-state index is 13.4. The Bertz CT molecular complexity index is 772. The molecule has 25 heavy (non-hydrogen) atoms. The summed E-state index contributed by atoms with van der Waals surface area (Å²) in [5.74, 6) is 0.977. The third-order valence-corrected chi connectivity index (χ3v) is 5.71. The van der Waals surface area contributed by atoms with E-state index < -0.39 is 5.41 Å². The number of carbonyl (C=O) groups excluding carboxylic acids is 1. The number of hydrogen-bond acceptors (Lipinski definition) is 3. The first-order valence-electron chi connectivity index (χ1n) is 8.63. The van der Waals surface area contributed by atoms with E-state index in [1.54, 1.807) is 7.11 Å². The number of aryl methyl sites for hydroxylation is 2. The third-order valence-electron chi connectivity index (χ3n) is 5.71. The van der Waals surface area contributed by atoms with Crippen LogP contribution >= 0.6 is 0 Å². The minimum atomic E-state index is -0.459. The van der Waals surface area contributed by atoms with Crippen LogP contribution in [0.15, 0.2) is 24.3 Å². The number of nitrogens with one attached hydrogen (secondary N) is 1. The minimum Gasteiger partial charge on any atom is -0.497 e. The summed E-state index contributed by atoms with van der Waals surface area (Å²) < 4.78 is 5.25. The van der Waals surface area contributed by atoms with Crippen molar-refractivity contribution in [1.82, 2.24) is 15.1 Å². The molecule has 2 aromatic rings. The second kappa shape index (κ2) is 5.90. The molecule has 1 aromatic heterocycles. The molecule has 0 spiro atoms. The molecule has 1 unspecified atom stereocenters. The molecule has 0 aliphatic heterocycles. The SMILES string of the molecule is COc1ccc(C2(C(=O)N(C)Cc3c(C)n[nH]c3C)CC2(C)C)cc1. The fraction of sp³-hybridized carbons (Fsp3) is 0.500. The summed E-state index contributed by atoms with van der Waals surface area (Å²) in [6.45, 7) is 8.86. The highest BCUT2D eigenvalue weighted by Gasteiger charge is 2.67. The van der Waals surface area contributed by atoms with Gasteiger partial charge < -0.3 is 9.64 Å². The van der Waals surface area contributed by atoms with Crippen LogP contribution in [0.4, 0.5) is 0 Å². The number of benzene rings is 1. The molecule has 0 bridgehead atoms. The molecule has 1 heterocycles. The van der Waals surface area contributed by atoms with E-state index in [0.29, 0.717) is 6.54 Å². The third kappa shape index (κ3) is 2.71. The maximum Gasteiger partial charge on any atom is 0.233 e. The highest BCUT2D eigenvalue weighted by molar-refractivity contribution is 5.93. The monoisotopic (exact) mass is 341 g/mol. The van der Waals surface area contributed by atoms with Crippen molar-refractivity contribution in [2.75, 3.05) is 14.2 Å². The number of aromatic amines is 1. The molecule has 5 nitrogen and oxygen atoms in total. The van der Waals surface area contributed by atoms with E-state index in [9.17, 15) is 4.79 Å². The predicted octanol–water partition coefficient (Wildman–Crippen LogP) is 3.36. The van der Waals surface area contributed by atoms with Crippen molar-refractivity contribution in [2.45, 2.75) is 46.1 Å². The average Bonchev–Trinajstić information content (AvgIpc) is 3.06. The van der Waals surface area contributed by atoms with E-state index in [2.05, 4.69) is 24.0 Å². The molecule has 1 saturated carbocycles. The predicted molar refractivity (Wildman–Crippen MR) is 97.6 cm³/mol. The van der Waals surface area contributed by atoms with Gasteiger partial charge in [-0.15, -0.1) is 0 Å². The molecule has 1 fully saturated rings. The highest BCUT2D eigenvalue weighted by atomic mass is 16.5. The smallest absolute Gasteiger partial charge is 0.233 e. The summed E-state index contributed by atoms with van der Waals surface area (Å²) in [7, 11) is 3.54. The van der Waals surface area contributed by atoms with Gasteiger partial charge in [0.05, 0.1) is 18.2 Å². The Morgan fingerprint density at radius 1 is 1.28 bits per heavy atom. The van der Waals surface area contributed by atoms with Crippen molar-refractivity contribution < 1.29 is 9.53 Å². The number of ether oxygens (including phenoxy) is 1. The molecule has 0 saturated heterocycles. The summed E-state index contributed by atoms with van der Waals surface area (Å²) in [4.78, 5) is 15.2. The van der Waals surface area contributed by atoms with Crippen LogP contribution in [0.2, 0.25) is 0 Å². The second-order valence-corrected chi connectivity index (χ2v) is 7.77. The second-order valence-electron chi connectivity index (χ2n) is 7.77. The Morgan fingerprint density at radius 2 is 1.88 bits per heavy atom. The topological polar surface area (TPSA) is 58.2 Å². The lowest BCUT2D eigenvalue weighted by Crippen LogP contribution is -2.39. The molecule has 1 amide bonds. The van der Waals surface area contributed by atoms with E-state index in [1.165, 1.54) is 0 Å². The van der Waals surface area contributed by atoms with Crippen LogP contribution in [0.5, 0.6) is 5.75 Å². The van der Waals surface area contributed by atoms with E-state index in [4.69, 9.17) is 4.74 Å². The number of hydrogen-bond donors (Lipinski definition) is 1. The highest BCUT2D eigenvalue weighted by Crippen LogP contribution is 2.65. The summed E-state index contributed by atoms with van der Waals surface area (Å²) >= 11 is 0. The quantitative estimate of drug-likeness (QED) is 0.907. The molecule has 1 aliphatic rings. The summed E-state index contributed by atoms with van der Waals surface area (Å²) in [6, 6.07) is 7.91. The molecular formula is C20H27N3O2. The van der Waals surface area contributed by atoms with Gasteiger partial charge in [0.15, 0.2) is 0 Å². The van der Waals surface area contributed by atoms with E-state index >= 15 is 0 Å². The van der Waals surface area contributed by atoms with Crippen LogP contribution in [-0.4, -0.2) is 35.2 Å². The number of methoxy groups -OCH3 is 1. The van der Waals surface area contributed by atoms with E-state index in [-0.39, 0.29) is 11.3 Å². The summed E-state index contributed by atoms with van der Waals surface area (Å²) in [5, 5.41) is 7.23. The number of nitrogens with zero attached hydrogens (tertiary/aromatic N) is 2. The average molecular weight is 341 g/mol. The van der Waals surface area contributed by atoms with Crippen LogP contribution in [0.1, 0.15) is 42.8 Å². The first-order chi connectivity index (χ1) is 11.7. The Hall–Kier alpha value is -2.30. The zero-order chi connectivity index (χ0) is 18.4. The number of carbonyl (C=O) groups is 1. The lowest BCUT2D eigenvalue weighted by Gasteiger charge is -2.27. The van der Waals surface area contributed by atoms with Crippen molar-refractivity contribution in [2.24, 2.45) is 5.41 Å². The lowest BCUT2D eigenvalue weighted by atomic mass is 9.86. The van der Waals surface area contributed by atoms with Gasteiger partial charge in [-0.2, -0.15) is 5.10 Å². The molecule has 1 aliphatic carbocycles. The fourth-order valence-electron chi connectivity index (χ4n) is 3.92.